The maximum Gasteiger partial charge on any atom is 0.219 e. The van der Waals surface area contributed by atoms with Crippen molar-refractivity contribution in [1.82, 2.24) is 9.88 Å². The summed E-state index contributed by atoms with van der Waals surface area (Å²) in [5.74, 6) is 1.15. The van der Waals surface area contributed by atoms with E-state index in [2.05, 4.69) is 22.4 Å². The molecule has 0 radical (unpaired) electrons. The van der Waals surface area contributed by atoms with Gasteiger partial charge in [0.05, 0.1) is 0 Å². The standard InChI is InChI=1S/C15H24N4O/c1-11-9-14(10-15(16-11)18(3)4)17-13-5-7-19(8-6-13)12(2)20/h9-10,13H,5-8H2,1-4H3,(H,16,17). The fourth-order valence-electron chi connectivity index (χ4n) is 2.54. The van der Waals surface area contributed by atoms with Crippen LogP contribution in [0, 0.1) is 6.92 Å². The van der Waals surface area contributed by atoms with Crippen LogP contribution in [0.25, 0.3) is 0 Å². The topological polar surface area (TPSA) is 48.5 Å². The molecular weight excluding hydrogens is 252 g/mol. The number of amides is 1. The number of carbonyl (C=O) groups is 1. The van der Waals surface area contributed by atoms with Crippen LogP contribution in [0.2, 0.25) is 0 Å². The average Bonchev–Trinajstić information content (AvgIpc) is 2.38. The van der Waals surface area contributed by atoms with Crippen molar-refractivity contribution in [3.63, 3.8) is 0 Å². The molecule has 0 saturated carbocycles. The smallest absolute Gasteiger partial charge is 0.219 e. The SMILES string of the molecule is CC(=O)N1CCC(Nc2cc(C)nc(N(C)C)c2)CC1. The van der Waals surface area contributed by atoms with Crippen molar-refractivity contribution in [3.8, 4) is 0 Å². The maximum atomic E-state index is 11.3. The third-order valence-corrected chi connectivity index (χ3v) is 3.71. The minimum absolute atomic E-state index is 0.179. The molecule has 5 nitrogen and oxygen atoms in total. The summed E-state index contributed by atoms with van der Waals surface area (Å²) in [6.07, 6.45) is 2.00. The monoisotopic (exact) mass is 276 g/mol. The van der Waals surface area contributed by atoms with Crippen molar-refractivity contribution in [2.45, 2.75) is 32.7 Å². The Hall–Kier alpha value is -1.78. The number of hydrogen-bond acceptors (Lipinski definition) is 4. The molecule has 20 heavy (non-hydrogen) atoms. The van der Waals surface area contributed by atoms with Crippen LogP contribution in [0.15, 0.2) is 12.1 Å². The molecule has 1 saturated heterocycles. The number of aromatic nitrogens is 1. The van der Waals surface area contributed by atoms with Crippen LogP contribution in [-0.4, -0.2) is 49.0 Å². The van der Waals surface area contributed by atoms with Gasteiger partial charge in [-0.3, -0.25) is 4.79 Å². The van der Waals surface area contributed by atoms with Gasteiger partial charge in [0.2, 0.25) is 5.91 Å². The highest BCUT2D eigenvalue weighted by Gasteiger charge is 2.20. The fraction of sp³-hybridized carbons (Fsp3) is 0.600. The van der Waals surface area contributed by atoms with Crippen LogP contribution in [0.5, 0.6) is 0 Å². The number of aryl methyl sites for hydroxylation is 1. The van der Waals surface area contributed by atoms with Gasteiger partial charge < -0.3 is 15.1 Å². The van der Waals surface area contributed by atoms with E-state index in [0.717, 1.165) is 43.1 Å². The van der Waals surface area contributed by atoms with Crippen LogP contribution < -0.4 is 10.2 Å². The van der Waals surface area contributed by atoms with Crippen molar-refractivity contribution in [1.29, 1.82) is 0 Å². The first-order valence-corrected chi connectivity index (χ1v) is 7.14. The first-order valence-electron chi connectivity index (χ1n) is 7.14. The first-order chi connectivity index (χ1) is 9.45. The van der Waals surface area contributed by atoms with Crippen LogP contribution in [-0.2, 0) is 4.79 Å². The number of nitrogens with zero attached hydrogens (tertiary/aromatic N) is 3. The largest absolute Gasteiger partial charge is 0.382 e. The van der Waals surface area contributed by atoms with E-state index in [1.165, 1.54) is 0 Å². The van der Waals surface area contributed by atoms with Gasteiger partial charge in [0, 0.05) is 57.6 Å². The minimum Gasteiger partial charge on any atom is -0.382 e. The normalized spacial score (nSPS) is 16.1. The molecule has 0 unspecified atom stereocenters. The number of nitrogens with one attached hydrogen (secondary N) is 1. The van der Waals surface area contributed by atoms with Crippen LogP contribution in [0.4, 0.5) is 11.5 Å². The molecule has 1 N–H and O–H groups in total. The molecule has 0 spiro atoms. The molecule has 2 rings (SSSR count). The number of rotatable bonds is 3. The van der Waals surface area contributed by atoms with Crippen molar-refractivity contribution in [2.24, 2.45) is 0 Å². The Morgan fingerprint density at radius 3 is 2.55 bits per heavy atom. The molecule has 1 amide bonds. The minimum atomic E-state index is 0.179. The molecule has 1 aliphatic heterocycles. The van der Waals surface area contributed by atoms with E-state index >= 15 is 0 Å². The van der Waals surface area contributed by atoms with Gasteiger partial charge in [-0.15, -0.1) is 0 Å². The zero-order chi connectivity index (χ0) is 14.7. The molecule has 1 fully saturated rings. The maximum absolute atomic E-state index is 11.3. The predicted molar refractivity (Wildman–Crippen MR) is 82.2 cm³/mol. The average molecular weight is 276 g/mol. The lowest BCUT2D eigenvalue weighted by atomic mass is 10.0. The lowest BCUT2D eigenvalue weighted by Gasteiger charge is -2.32. The van der Waals surface area contributed by atoms with Crippen LogP contribution >= 0.6 is 0 Å². The quantitative estimate of drug-likeness (QED) is 0.916. The van der Waals surface area contributed by atoms with Gasteiger partial charge in [-0.1, -0.05) is 0 Å². The summed E-state index contributed by atoms with van der Waals surface area (Å²) < 4.78 is 0. The third-order valence-electron chi connectivity index (χ3n) is 3.71. The Balaban J connectivity index is 1.99. The van der Waals surface area contributed by atoms with Crippen molar-refractivity contribution >= 4 is 17.4 Å². The van der Waals surface area contributed by atoms with E-state index in [4.69, 9.17) is 0 Å². The highest BCUT2D eigenvalue weighted by Crippen LogP contribution is 2.21. The summed E-state index contributed by atoms with van der Waals surface area (Å²) in [6.45, 7) is 5.34. The molecule has 110 valence electrons. The van der Waals surface area contributed by atoms with E-state index in [0.29, 0.717) is 6.04 Å². The second kappa shape index (κ2) is 6.11. The predicted octanol–water partition coefficient (Wildman–Crippen LogP) is 1.88. The van der Waals surface area contributed by atoms with Gasteiger partial charge in [0.1, 0.15) is 5.82 Å². The number of anilines is 2. The molecule has 1 aliphatic rings. The zero-order valence-electron chi connectivity index (χ0n) is 12.8. The molecule has 0 atom stereocenters. The van der Waals surface area contributed by atoms with Crippen molar-refractivity contribution in [3.05, 3.63) is 17.8 Å². The molecule has 0 aromatic carbocycles. The molecule has 1 aromatic rings. The van der Waals surface area contributed by atoms with E-state index in [1.54, 1.807) is 6.92 Å². The Morgan fingerprint density at radius 2 is 2.00 bits per heavy atom. The number of pyridine rings is 1. The summed E-state index contributed by atoms with van der Waals surface area (Å²) in [5.41, 5.74) is 2.13. The molecular formula is C15H24N4O. The molecule has 0 aliphatic carbocycles. The number of likely N-dealkylation sites (tertiary alicyclic amines) is 1. The first kappa shape index (κ1) is 14.6. The van der Waals surface area contributed by atoms with Gasteiger partial charge in [-0.25, -0.2) is 4.98 Å². The van der Waals surface area contributed by atoms with Gasteiger partial charge in [0.15, 0.2) is 0 Å². The van der Waals surface area contributed by atoms with E-state index in [1.807, 2.05) is 30.8 Å². The van der Waals surface area contributed by atoms with E-state index < -0.39 is 0 Å². The van der Waals surface area contributed by atoms with E-state index in [-0.39, 0.29) is 5.91 Å². The Bertz CT molecular complexity index is 479. The van der Waals surface area contributed by atoms with Gasteiger partial charge >= 0.3 is 0 Å². The van der Waals surface area contributed by atoms with Crippen LogP contribution in [0.1, 0.15) is 25.5 Å². The molecule has 2 heterocycles. The lowest BCUT2D eigenvalue weighted by Crippen LogP contribution is -2.41. The second-order valence-corrected chi connectivity index (χ2v) is 5.67. The van der Waals surface area contributed by atoms with Crippen molar-refractivity contribution in [2.75, 3.05) is 37.4 Å². The number of hydrogen-bond donors (Lipinski definition) is 1. The lowest BCUT2D eigenvalue weighted by molar-refractivity contribution is -0.129. The highest BCUT2D eigenvalue weighted by atomic mass is 16.2. The van der Waals surface area contributed by atoms with Gasteiger partial charge in [-0.05, 0) is 25.8 Å². The Morgan fingerprint density at radius 1 is 1.35 bits per heavy atom. The zero-order valence-corrected chi connectivity index (χ0v) is 12.8. The summed E-state index contributed by atoms with van der Waals surface area (Å²) in [7, 11) is 3.99. The summed E-state index contributed by atoms with van der Waals surface area (Å²) in [6, 6.07) is 4.58. The summed E-state index contributed by atoms with van der Waals surface area (Å²) in [4.78, 5) is 19.7. The number of piperidine rings is 1. The van der Waals surface area contributed by atoms with Crippen LogP contribution in [0.3, 0.4) is 0 Å². The van der Waals surface area contributed by atoms with E-state index in [9.17, 15) is 4.79 Å². The van der Waals surface area contributed by atoms with Gasteiger partial charge in [-0.2, -0.15) is 0 Å². The third kappa shape index (κ3) is 3.62. The Labute approximate surface area is 121 Å². The second-order valence-electron chi connectivity index (χ2n) is 5.67. The molecule has 5 heteroatoms. The molecule has 1 aromatic heterocycles. The Kier molecular flexibility index (Phi) is 4.47. The summed E-state index contributed by atoms with van der Waals surface area (Å²) in [5, 5.41) is 3.57. The number of carbonyl (C=O) groups excluding carboxylic acids is 1. The van der Waals surface area contributed by atoms with Crippen molar-refractivity contribution < 1.29 is 4.79 Å². The molecule has 0 bridgehead atoms. The summed E-state index contributed by atoms with van der Waals surface area (Å²) >= 11 is 0. The fourth-order valence-corrected chi connectivity index (χ4v) is 2.54. The highest BCUT2D eigenvalue weighted by molar-refractivity contribution is 5.73. The van der Waals surface area contributed by atoms with Gasteiger partial charge in [0.25, 0.3) is 0 Å².